The Hall–Kier alpha value is -1.49. The zero-order chi connectivity index (χ0) is 13.3. The molecule has 18 heavy (non-hydrogen) atoms. The molecule has 1 fully saturated rings. The van der Waals surface area contributed by atoms with Gasteiger partial charge in [-0.1, -0.05) is 19.4 Å². The third kappa shape index (κ3) is 2.22. The number of benzene rings is 1. The molecule has 1 aliphatic heterocycles. The second kappa shape index (κ2) is 4.65. The van der Waals surface area contributed by atoms with E-state index in [4.69, 9.17) is 0 Å². The van der Waals surface area contributed by atoms with Gasteiger partial charge in [0.25, 0.3) is 5.91 Å². The van der Waals surface area contributed by atoms with Gasteiger partial charge in [-0.05, 0) is 18.6 Å². The molecule has 1 N–H and O–H groups in total. The molecule has 2 rings (SSSR count). The third-order valence-electron chi connectivity index (χ3n) is 3.15. The Labute approximate surface area is 104 Å². The summed E-state index contributed by atoms with van der Waals surface area (Å²) in [5.74, 6) is -2.74. The van der Waals surface area contributed by atoms with Crippen LogP contribution in [0.1, 0.15) is 30.1 Å². The Morgan fingerprint density at radius 3 is 2.72 bits per heavy atom. The second-order valence-corrected chi connectivity index (χ2v) is 4.74. The fraction of sp³-hybridized carbons (Fsp3) is 0.462. The van der Waals surface area contributed by atoms with E-state index < -0.39 is 23.1 Å². The van der Waals surface area contributed by atoms with Crippen molar-refractivity contribution in [1.29, 1.82) is 0 Å². The van der Waals surface area contributed by atoms with Crippen LogP contribution < -0.4 is 0 Å². The number of carbonyl (C=O) groups excluding carboxylic acids is 1. The van der Waals surface area contributed by atoms with E-state index in [1.165, 1.54) is 17.0 Å². The summed E-state index contributed by atoms with van der Waals surface area (Å²) in [6.45, 7) is 2.29. The van der Waals surface area contributed by atoms with Gasteiger partial charge in [-0.2, -0.15) is 0 Å². The van der Waals surface area contributed by atoms with Gasteiger partial charge >= 0.3 is 0 Å². The summed E-state index contributed by atoms with van der Waals surface area (Å²) in [7, 11) is 0. The third-order valence-corrected chi connectivity index (χ3v) is 3.15. The predicted molar refractivity (Wildman–Crippen MR) is 62.1 cm³/mol. The fourth-order valence-corrected chi connectivity index (χ4v) is 2.27. The molecule has 0 aromatic heterocycles. The number of halogens is 2. The highest BCUT2D eigenvalue weighted by Crippen LogP contribution is 2.28. The Bertz CT molecular complexity index is 470. The number of hydrogen-bond donors (Lipinski definition) is 1. The standard InChI is InChI=1S/C13H15F2NO2/c1-2-6-13(18)7-16(8-13)12(17)9-4-3-5-10(14)11(9)15/h3-5,18H,2,6-8H2,1H3. The lowest BCUT2D eigenvalue weighted by Gasteiger charge is -2.46. The van der Waals surface area contributed by atoms with E-state index in [1.807, 2.05) is 6.92 Å². The van der Waals surface area contributed by atoms with Crippen LogP contribution in [0.5, 0.6) is 0 Å². The molecule has 0 bridgehead atoms. The lowest BCUT2D eigenvalue weighted by molar-refractivity contribution is -0.0861. The van der Waals surface area contributed by atoms with E-state index in [1.54, 1.807) is 0 Å². The van der Waals surface area contributed by atoms with E-state index in [0.717, 1.165) is 12.5 Å². The van der Waals surface area contributed by atoms with Gasteiger partial charge in [0.05, 0.1) is 24.3 Å². The quantitative estimate of drug-likeness (QED) is 0.896. The number of β-amino-alcohol motifs (C(OH)–C–C–N with tert-alkyl or cyclic N) is 1. The highest BCUT2D eigenvalue weighted by atomic mass is 19.2. The van der Waals surface area contributed by atoms with Crippen molar-refractivity contribution >= 4 is 5.91 Å². The summed E-state index contributed by atoms with van der Waals surface area (Å²) in [6, 6.07) is 3.51. The molecule has 0 spiro atoms. The Kier molecular flexibility index (Phi) is 3.34. The van der Waals surface area contributed by atoms with Crippen LogP contribution in [-0.2, 0) is 0 Å². The molecule has 0 atom stereocenters. The molecule has 1 aliphatic rings. The number of aliphatic hydroxyl groups is 1. The van der Waals surface area contributed by atoms with E-state index in [-0.39, 0.29) is 18.7 Å². The zero-order valence-corrected chi connectivity index (χ0v) is 10.1. The first-order valence-electron chi connectivity index (χ1n) is 5.92. The van der Waals surface area contributed by atoms with Crippen molar-refractivity contribution < 1.29 is 18.7 Å². The minimum absolute atomic E-state index is 0.176. The molecule has 1 aromatic carbocycles. The number of likely N-dealkylation sites (tertiary alicyclic amines) is 1. The summed E-state index contributed by atoms with van der Waals surface area (Å²) in [4.78, 5) is 13.2. The van der Waals surface area contributed by atoms with Crippen LogP contribution in [0.3, 0.4) is 0 Å². The van der Waals surface area contributed by atoms with Crippen LogP contribution in [0, 0.1) is 11.6 Å². The molecule has 1 aromatic rings. The van der Waals surface area contributed by atoms with E-state index >= 15 is 0 Å². The predicted octanol–water partition coefficient (Wildman–Crippen LogP) is 1.95. The van der Waals surface area contributed by atoms with Crippen LogP contribution in [0.25, 0.3) is 0 Å². The molecule has 0 aliphatic carbocycles. The van der Waals surface area contributed by atoms with Crippen LogP contribution in [-0.4, -0.2) is 34.6 Å². The molecular weight excluding hydrogens is 240 g/mol. The fourth-order valence-electron chi connectivity index (χ4n) is 2.27. The first kappa shape index (κ1) is 13.0. The summed E-state index contributed by atoms with van der Waals surface area (Å²) in [5, 5.41) is 9.94. The van der Waals surface area contributed by atoms with Crippen molar-refractivity contribution in [3.8, 4) is 0 Å². The van der Waals surface area contributed by atoms with E-state index in [9.17, 15) is 18.7 Å². The molecule has 0 unspecified atom stereocenters. The molecule has 5 heteroatoms. The van der Waals surface area contributed by atoms with Gasteiger partial charge in [0.1, 0.15) is 0 Å². The maximum atomic E-state index is 13.4. The highest BCUT2D eigenvalue weighted by Gasteiger charge is 2.43. The lowest BCUT2D eigenvalue weighted by Crippen LogP contribution is -2.63. The Morgan fingerprint density at radius 2 is 2.11 bits per heavy atom. The van der Waals surface area contributed by atoms with Gasteiger partial charge in [-0.15, -0.1) is 0 Å². The molecule has 3 nitrogen and oxygen atoms in total. The monoisotopic (exact) mass is 255 g/mol. The molecule has 0 saturated carbocycles. The summed E-state index contributed by atoms with van der Waals surface area (Å²) in [5.41, 5.74) is -1.15. The van der Waals surface area contributed by atoms with Crippen LogP contribution in [0.15, 0.2) is 18.2 Å². The van der Waals surface area contributed by atoms with Crippen LogP contribution >= 0.6 is 0 Å². The summed E-state index contributed by atoms with van der Waals surface area (Å²) < 4.78 is 26.4. The van der Waals surface area contributed by atoms with E-state index in [0.29, 0.717) is 6.42 Å². The minimum atomic E-state index is -1.13. The molecule has 1 heterocycles. The van der Waals surface area contributed by atoms with Crippen molar-refractivity contribution in [2.24, 2.45) is 0 Å². The molecule has 0 radical (unpaired) electrons. The summed E-state index contributed by atoms with van der Waals surface area (Å²) >= 11 is 0. The van der Waals surface area contributed by atoms with Gasteiger partial charge < -0.3 is 10.0 Å². The van der Waals surface area contributed by atoms with Crippen molar-refractivity contribution in [2.75, 3.05) is 13.1 Å². The zero-order valence-electron chi connectivity index (χ0n) is 10.1. The average Bonchev–Trinajstić information content (AvgIpc) is 2.29. The second-order valence-electron chi connectivity index (χ2n) is 4.74. The lowest BCUT2D eigenvalue weighted by atomic mass is 9.88. The molecular formula is C13H15F2NO2. The number of amides is 1. The Morgan fingerprint density at radius 1 is 1.44 bits per heavy atom. The van der Waals surface area contributed by atoms with E-state index in [2.05, 4.69) is 0 Å². The Balaban J connectivity index is 2.08. The maximum Gasteiger partial charge on any atom is 0.257 e. The van der Waals surface area contributed by atoms with Gasteiger partial charge in [0, 0.05) is 0 Å². The largest absolute Gasteiger partial charge is 0.386 e. The number of rotatable bonds is 3. The molecule has 1 saturated heterocycles. The topological polar surface area (TPSA) is 40.5 Å². The van der Waals surface area contributed by atoms with Crippen molar-refractivity contribution in [3.05, 3.63) is 35.4 Å². The number of hydrogen-bond acceptors (Lipinski definition) is 2. The summed E-state index contributed by atoms with van der Waals surface area (Å²) in [6.07, 6.45) is 1.41. The molecule has 1 amide bonds. The van der Waals surface area contributed by atoms with Crippen molar-refractivity contribution in [2.45, 2.75) is 25.4 Å². The minimum Gasteiger partial charge on any atom is -0.386 e. The van der Waals surface area contributed by atoms with Gasteiger partial charge in [0.2, 0.25) is 0 Å². The first-order chi connectivity index (χ1) is 8.47. The van der Waals surface area contributed by atoms with Crippen molar-refractivity contribution in [1.82, 2.24) is 4.90 Å². The van der Waals surface area contributed by atoms with Crippen molar-refractivity contribution in [3.63, 3.8) is 0 Å². The van der Waals surface area contributed by atoms with Gasteiger partial charge in [0.15, 0.2) is 11.6 Å². The maximum absolute atomic E-state index is 13.4. The van der Waals surface area contributed by atoms with Crippen LogP contribution in [0.4, 0.5) is 8.78 Å². The number of nitrogens with zero attached hydrogens (tertiary/aromatic N) is 1. The van der Waals surface area contributed by atoms with Gasteiger partial charge in [-0.3, -0.25) is 4.79 Å². The van der Waals surface area contributed by atoms with Crippen LogP contribution in [0.2, 0.25) is 0 Å². The molecule has 98 valence electrons. The van der Waals surface area contributed by atoms with Gasteiger partial charge in [-0.25, -0.2) is 8.78 Å². The first-order valence-corrected chi connectivity index (χ1v) is 5.92. The number of carbonyl (C=O) groups is 1. The average molecular weight is 255 g/mol. The SMILES string of the molecule is CCCC1(O)CN(C(=O)c2cccc(F)c2F)C1. The highest BCUT2D eigenvalue weighted by molar-refractivity contribution is 5.95. The normalized spacial score (nSPS) is 17.4. The smallest absolute Gasteiger partial charge is 0.257 e.